The SMILES string of the molecule is Cc1cc(Cl)ccc1C(=O)Nc1ccc(O)c(F)c1. The molecule has 0 saturated carbocycles. The second kappa shape index (κ2) is 5.28. The van der Waals surface area contributed by atoms with E-state index < -0.39 is 11.6 Å². The molecule has 2 N–H and O–H groups in total. The van der Waals surface area contributed by atoms with Gasteiger partial charge in [-0.1, -0.05) is 11.6 Å². The summed E-state index contributed by atoms with van der Waals surface area (Å²) in [6, 6.07) is 8.54. The van der Waals surface area contributed by atoms with Crippen molar-refractivity contribution in [2.75, 3.05) is 5.32 Å². The lowest BCUT2D eigenvalue weighted by molar-refractivity contribution is 0.102. The standard InChI is InChI=1S/C14H11ClFNO2/c1-8-6-9(15)2-4-11(8)14(19)17-10-3-5-13(18)12(16)7-10/h2-7,18H,1H3,(H,17,19). The fraction of sp³-hybridized carbons (Fsp3) is 0.0714. The number of benzene rings is 2. The summed E-state index contributed by atoms with van der Waals surface area (Å²) in [5.74, 6) is -1.61. The zero-order valence-electron chi connectivity index (χ0n) is 10.1. The Hall–Kier alpha value is -2.07. The summed E-state index contributed by atoms with van der Waals surface area (Å²) in [5, 5.41) is 12.2. The van der Waals surface area contributed by atoms with E-state index in [1.807, 2.05) is 0 Å². The van der Waals surface area contributed by atoms with E-state index >= 15 is 0 Å². The number of amides is 1. The van der Waals surface area contributed by atoms with E-state index in [0.29, 0.717) is 10.6 Å². The van der Waals surface area contributed by atoms with E-state index in [1.165, 1.54) is 12.1 Å². The summed E-state index contributed by atoms with van der Waals surface area (Å²) >= 11 is 5.81. The molecule has 2 aromatic carbocycles. The van der Waals surface area contributed by atoms with Gasteiger partial charge in [-0.05, 0) is 42.8 Å². The van der Waals surface area contributed by atoms with Crippen LogP contribution in [0.15, 0.2) is 36.4 Å². The van der Waals surface area contributed by atoms with E-state index in [1.54, 1.807) is 25.1 Å². The van der Waals surface area contributed by atoms with Crippen molar-refractivity contribution in [1.29, 1.82) is 0 Å². The van der Waals surface area contributed by atoms with E-state index in [0.717, 1.165) is 11.6 Å². The van der Waals surface area contributed by atoms with Crippen molar-refractivity contribution in [3.05, 3.63) is 58.4 Å². The van der Waals surface area contributed by atoms with Gasteiger partial charge in [-0.3, -0.25) is 4.79 Å². The third kappa shape index (κ3) is 3.03. The summed E-state index contributed by atoms with van der Waals surface area (Å²) in [7, 11) is 0. The molecule has 2 aromatic rings. The maximum Gasteiger partial charge on any atom is 0.255 e. The van der Waals surface area contributed by atoms with Crippen LogP contribution in [0, 0.1) is 12.7 Å². The van der Waals surface area contributed by atoms with Crippen molar-refractivity contribution in [3.8, 4) is 5.75 Å². The second-order valence-corrected chi connectivity index (χ2v) is 4.52. The number of carbonyl (C=O) groups is 1. The van der Waals surface area contributed by atoms with Gasteiger partial charge in [0.2, 0.25) is 0 Å². The number of aromatic hydroxyl groups is 1. The molecule has 0 spiro atoms. The molecule has 0 aliphatic carbocycles. The first-order valence-corrected chi connectivity index (χ1v) is 5.91. The van der Waals surface area contributed by atoms with E-state index in [9.17, 15) is 9.18 Å². The molecule has 5 heteroatoms. The molecule has 0 aromatic heterocycles. The number of rotatable bonds is 2. The minimum absolute atomic E-state index is 0.273. The van der Waals surface area contributed by atoms with Crippen molar-refractivity contribution >= 4 is 23.2 Å². The molecule has 0 atom stereocenters. The predicted molar refractivity (Wildman–Crippen MR) is 72.2 cm³/mol. The summed E-state index contributed by atoms with van der Waals surface area (Å²) < 4.78 is 13.1. The normalized spacial score (nSPS) is 10.3. The zero-order chi connectivity index (χ0) is 14.0. The maximum atomic E-state index is 13.1. The number of phenolic OH excluding ortho intramolecular Hbond substituents is 1. The number of aryl methyl sites for hydroxylation is 1. The van der Waals surface area contributed by atoms with Crippen LogP contribution in [0.25, 0.3) is 0 Å². The molecule has 0 fully saturated rings. The predicted octanol–water partition coefficient (Wildman–Crippen LogP) is 3.75. The fourth-order valence-corrected chi connectivity index (χ4v) is 1.89. The quantitative estimate of drug-likeness (QED) is 0.823. The third-order valence-corrected chi connectivity index (χ3v) is 2.87. The molecule has 0 saturated heterocycles. The Kier molecular flexibility index (Phi) is 3.71. The minimum Gasteiger partial charge on any atom is -0.505 e. The second-order valence-electron chi connectivity index (χ2n) is 4.08. The van der Waals surface area contributed by atoms with E-state index in [2.05, 4.69) is 5.32 Å². The number of phenols is 1. The van der Waals surface area contributed by atoms with Crippen LogP contribution in [0.5, 0.6) is 5.75 Å². The van der Waals surface area contributed by atoms with Gasteiger partial charge in [0, 0.05) is 22.3 Å². The molecule has 0 unspecified atom stereocenters. The van der Waals surface area contributed by atoms with Gasteiger partial charge in [0.05, 0.1) is 0 Å². The van der Waals surface area contributed by atoms with Crippen molar-refractivity contribution in [2.24, 2.45) is 0 Å². The largest absolute Gasteiger partial charge is 0.505 e. The summed E-state index contributed by atoms with van der Waals surface area (Å²) in [4.78, 5) is 12.0. The van der Waals surface area contributed by atoms with Gasteiger partial charge in [0.15, 0.2) is 11.6 Å². The molecule has 2 rings (SSSR count). The van der Waals surface area contributed by atoms with Gasteiger partial charge in [0.25, 0.3) is 5.91 Å². The third-order valence-electron chi connectivity index (χ3n) is 2.64. The van der Waals surface area contributed by atoms with Crippen LogP contribution in [0.1, 0.15) is 15.9 Å². The van der Waals surface area contributed by atoms with Crippen LogP contribution in [-0.4, -0.2) is 11.0 Å². The van der Waals surface area contributed by atoms with Gasteiger partial charge in [0.1, 0.15) is 0 Å². The van der Waals surface area contributed by atoms with Gasteiger partial charge in [-0.15, -0.1) is 0 Å². The van der Waals surface area contributed by atoms with E-state index in [4.69, 9.17) is 16.7 Å². The number of halogens is 2. The molecular formula is C14H11ClFNO2. The van der Waals surface area contributed by atoms with Gasteiger partial charge in [-0.25, -0.2) is 4.39 Å². The van der Waals surface area contributed by atoms with Crippen LogP contribution in [0.3, 0.4) is 0 Å². The van der Waals surface area contributed by atoms with Crippen LogP contribution in [0.4, 0.5) is 10.1 Å². The smallest absolute Gasteiger partial charge is 0.255 e. The zero-order valence-corrected chi connectivity index (χ0v) is 10.8. The number of hydrogen-bond donors (Lipinski definition) is 2. The van der Waals surface area contributed by atoms with Crippen molar-refractivity contribution < 1.29 is 14.3 Å². The van der Waals surface area contributed by atoms with Crippen LogP contribution in [0.2, 0.25) is 5.02 Å². The molecule has 1 amide bonds. The van der Waals surface area contributed by atoms with Gasteiger partial charge >= 0.3 is 0 Å². The van der Waals surface area contributed by atoms with Crippen molar-refractivity contribution in [3.63, 3.8) is 0 Å². The first kappa shape index (κ1) is 13.4. The molecule has 0 radical (unpaired) electrons. The molecule has 3 nitrogen and oxygen atoms in total. The van der Waals surface area contributed by atoms with E-state index in [-0.39, 0.29) is 11.6 Å². The highest BCUT2D eigenvalue weighted by atomic mass is 35.5. The highest BCUT2D eigenvalue weighted by molar-refractivity contribution is 6.30. The van der Waals surface area contributed by atoms with Crippen molar-refractivity contribution in [1.82, 2.24) is 0 Å². The maximum absolute atomic E-state index is 13.1. The minimum atomic E-state index is -0.786. The molecule has 98 valence electrons. The number of nitrogens with one attached hydrogen (secondary N) is 1. The van der Waals surface area contributed by atoms with Crippen LogP contribution < -0.4 is 5.32 Å². The molecule has 0 aliphatic rings. The monoisotopic (exact) mass is 279 g/mol. The summed E-state index contributed by atoms with van der Waals surface area (Å²) in [6.07, 6.45) is 0. The fourth-order valence-electron chi connectivity index (χ4n) is 1.66. The highest BCUT2D eigenvalue weighted by Gasteiger charge is 2.10. The Morgan fingerprint density at radius 3 is 2.63 bits per heavy atom. The highest BCUT2D eigenvalue weighted by Crippen LogP contribution is 2.21. The lowest BCUT2D eigenvalue weighted by Gasteiger charge is -2.08. The molecular weight excluding hydrogens is 269 g/mol. The first-order chi connectivity index (χ1) is 8.97. The first-order valence-electron chi connectivity index (χ1n) is 5.53. The van der Waals surface area contributed by atoms with Crippen molar-refractivity contribution in [2.45, 2.75) is 6.92 Å². The van der Waals surface area contributed by atoms with Gasteiger partial charge in [-0.2, -0.15) is 0 Å². The number of anilines is 1. The Morgan fingerprint density at radius 2 is 2.00 bits per heavy atom. The molecule has 0 aliphatic heterocycles. The summed E-state index contributed by atoms with van der Waals surface area (Å²) in [6.45, 7) is 1.76. The van der Waals surface area contributed by atoms with Crippen LogP contribution >= 0.6 is 11.6 Å². The number of hydrogen-bond acceptors (Lipinski definition) is 2. The lowest BCUT2D eigenvalue weighted by atomic mass is 10.1. The Morgan fingerprint density at radius 1 is 1.26 bits per heavy atom. The molecule has 0 heterocycles. The van der Waals surface area contributed by atoms with Gasteiger partial charge < -0.3 is 10.4 Å². The Balaban J connectivity index is 2.23. The Labute approximate surface area is 114 Å². The average molecular weight is 280 g/mol. The topological polar surface area (TPSA) is 49.3 Å². The molecule has 0 bridgehead atoms. The summed E-state index contributed by atoms with van der Waals surface area (Å²) in [5.41, 5.74) is 1.46. The Bertz CT molecular complexity index is 643. The molecule has 19 heavy (non-hydrogen) atoms. The average Bonchev–Trinajstić information content (AvgIpc) is 2.33. The van der Waals surface area contributed by atoms with Crippen LogP contribution in [-0.2, 0) is 0 Å². The lowest BCUT2D eigenvalue weighted by Crippen LogP contribution is -2.13. The number of carbonyl (C=O) groups excluding carboxylic acids is 1.